The van der Waals surface area contributed by atoms with Gasteiger partial charge in [-0.2, -0.15) is 0 Å². The van der Waals surface area contributed by atoms with E-state index in [2.05, 4.69) is 5.32 Å². The molecule has 1 aromatic carbocycles. The molecule has 0 fully saturated rings. The van der Waals surface area contributed by atoms with E-state index in [0.717, 1.165) is 5.56 Å². The maximum absolute atomic E-state index is 13.3. The van der Waals surface area contributed by atoms with Crippen molar-refractivity contribution in [2.45, 2.75) is 32.9 Å². The molecule has 2 nitrogen and oxygen atoms in total. The van der Waals surface area contributed by atoms with Crippen LogP contribution in [-0.2, 0) is 0 Å². The number of hydrogen-bond donors (Lipinski definition) is 2. The summed E-state index contributed by atoms with van der Waals surface area (Å²) in [4.78, 5) is 0. The molecule has 0 bridgehead atoms. The number of aryl methyl sites for hydroxylation is 1. The number of nitrogens with one attached hydrogen (secondary N) is 1. The van der Waals surface area contributed by atoms with Gasteiger partial charge in [-0.1, -0.05) is 12.1 Å². The first-order valence-corrected chi connectivity index (χ1v) is 5.18. The van der Waals surface area contributed by atoms with Crippen LogP contribution in [0, 0.1) is 12.7 Å². The van der Waals surface area contributed by atoms with Gasteiger partial charge in [0.2, 0.25) is 0 Å². The number of rotatable bonds is 4. The van der Waals surface area contributed by atoms with Crippen LogP contribution in [0.15, 0.2) is 18.2 Å². The molecule has 1 unspecified atom stereocenters. The zero-order valence-corrected chi connectivity index (χ0v) is 9.42. The van der Waals surface area contributed by atoms with E-state index in [-0.39, 0.29) is 18.0 Å². The Labute approximate surface area is 90.1 Å². The summed E-state index contributed by atoms with van der Waals surface area (Å²) < 4.78 is 13.3. The van der Waals surface area contributed by atoms with Gasteiger partial charge in [0.15, 0.2) is 0 Å². The second-order valence-electron chi connectivity index (χ2n) is 3.99. The number of halogens is 1. The number of hydrogen-bond acceptors (Lipinski definition) is 2. The molecule has 84 valence electrons. The second-order valence-corrected chi connectivity index (χ2v) is 3.99. The van der Waals surface area contributed by atoms with Crippen molar-refractivity contribution in [2.24, 2.45) is 0 Å². The van der Waals surface area contributed by atoms with Gasteiger partial charge in [0.1, 0.15) is 5.82 Å². The number of aliphatic hydroxyl groups excluding tert-OH is 1. The lowest BCUT2D eigenvalue weighted by atomic mass is 10.1. The van der Waals surface area contributed by atoms with Crippen LogP contribution < -0.4 is 5.32 Å². The van der Waals surface area contributed by atoms with Crippen LogP contribution in [0.3, 0.4) is 0 Å². The summed E-state index contributed by atoms with van der Waals surface area (Å²) in [5.74, 6) is -0.182. The molecule has 0 aliphatic rings. The molecule has 1 aromatic rings. The Hall–Kier alpha value is -0.930. The van der Waals surface area contributed by atoms with Crippen LogP contribution in [0.5, 0.6) is 0 Å². The summed E-state index contributed by atoms with van der Waals surface area (Å²) in [6, 6.07) is 5.26. The average molecular weight is 211 g/mol. The molecule has 0 saturated heterocycles. The molecule has 0 heterocycles. The highest BCUT2D eigenvalue weighted by Gasteiger charge is 2.07. The Balaban J connectivity index is 2.65. The molecular weight excluding hydrogens is 193 g/mol. The lowest BCUT2D eigenvalue weighted by Gasteiger charge is -2.15. The van der Waals surface area contributed by atoms with Gasteiger partial charge in [-0.05, 0) is 38.0 Å². The van der Waals surface area contributed by atoms with Gasteiger partial charge in [0, 0.05) is 12.6 Å². The molecule has 0 radical (unpaired) electrons. The molecule has 0 amide bonds. The van der Waals surface area contributed by atoms with Crippen molar-refractivity contribution in [1.29, 1.82) is 0 Å². The third-order valence-corrected chi connectivity index (χ3v) is 2.42. The fraction of sp³-hybridized carbons (Fsp3) is 0.500. The fourth-order valence-corrected chi connectivity index (χ4v) is 1.34. The lowest BCUT2D eigenvalue weighted by molar-refractivity contribution is 0.187. The van der Waals surface area contributed by atoms with Gasteiger partial charge < -0.3 is 10.4 Å². The summed E-state index contributed by atoms with van der Waals surface area (Å²) in [5.41, 5.74) is 1.56. The smallest absolute Gasteiger partial charge is 0.126 e. The predicted octanol–water partition coefficient (Wildman–Crippen LogP) is 2.17. The van der Waals surface area contributed by atoms with Crippen molar-refractivity contribution >= 4 is 0 Å². The highest BCUT2D eigenvalue weighted by Crippen LogP contribution is 2.15. The van der Waals surface area contributed by atoms with Crippen molar-refractivity contribution < 1.29 is 9.50 Å². The topological polar surface area (TPSA) is 32.3 Å². The van der Waals surface area contributed by atoms with E-state index in [1.165, 1.54) is 6.07 Å². The average Bonchev–Trinajstić information content (AvgIpc) is 2.18. The largest absolute Gasteiger partial charge is 0.392 e. The molecule has 2 atom stereocenters. The molecule has 2 N–H and O–H groups in total. The van der Waals surface area contributed by atoms with E-state index in [4.69, 9.17) is 5.11 Å². The third kappa shape index (κ3) is 3.61. The van der Waals surface area contributed by atoms with Gasteiger partial charge >= 0.3 is 0 Å². The molecule has 0 saturated carbocycles. The molecule has 3 heteroatoms. The first-order chi connectivity index (χ1) is 7.00. The molecule has 0 aliphatic carbocycles. The van der Waals surface area contributed by atoms with Gasteiger partial charge in [-0.3, -0.25) is 0 Å². The summed E-state index contributed by atoms with van der Waals surface area (Å²) in [6.45, 7) is 5.92. The van der Waals surface area contributed by atoms with Crippen LogP contribution in [0.4, 0.5) is 4.39 Å². The Morgan fingerprint density at radius 1 is 1.40 bits per heavy atom. The quantitative estimate of drug-likeness (QED) is 0.800. The van der Waals surface area contributed by atoms with Crippen molar-refractivity contribution in [3.05, 3.63) is 35.1 Å². The lowest BCUT2D eigenvalue weighted by Crippen LogP contribution is -2.27. The number of aliphatic hydroxyl groups is 1. The first kappa shape index (κ1) is 12.1. The summed E-state index contributed by atoms with van der Waals surface area (Å²) in [5, 5.41) is 12.2. The fourth-order valence-electron chi connectivity index (χ4n) is 1.34. The molecule has 0 aromatic heterocycles. The standard InChI is InChI=1S/C12H18FNO/c1-8-4-5-11(6-12(8)13)10(3)14-7-9(2)15/h4-6,9-10,14-15H,7H2,1-3H3/t9-,10?/m1/s1. The highest BCUT2D eigenvalue weighted by molar-refractivity contribution is 5.25. The van der Waals surface area contributed by atoms with Crippen LogP contribution >= 0.6 is 0 Å². The summed E-state index contributed by atoms with van der Waals surface area (Å²) >= 11 is 0. The summed E-state index contributed by atoms with van der Waals surface area (Å²) in [7, 11) is 0. The van der Waals surface area contributed by atoms with Crippen LogP contribution in [0.1, 0.15) is 31.0 Å². The maximum atomic E-state index is 13.3. The van der Waals surface area contributed by atoms with E-state index in [1.54, 1.807) is 19.9 Å². The van der Waals surface area contributed by atoms with Crippen molar-refractivity contribution in [3.8, 4) is 0 Å². The van der Waals surface area contributed by atoms with Crippen LogP contribution in [-0.4, -0.2) is 17.8 Å². The minimum atomic E-state index is -0.386. The Kier molecular flexibility index (Phi) is 4.24. The van der Waals surface area contributed by atoms with Gasteiger partial charge in [0.25, 0.3) is 0 Å². The van der Waals surface area contributed by atoms with Crippen molar-refractivity contribution in [2.75, 3.05) is 6.54 Å². The van der Waals surface area contributed by atoms with Crippen molar-refractivity contribution in [3.63, 3.8) is 0 Å². The van der Waals surface area contributed by atoms with Gasteiger partial charge in [-0.25, -0.2) is 4.39 Å². The highest BCUT2D eigenvalue weighted by atomic mass is 19.1. The Morgan fingerprint density at radius 3 is 2.60 bits per heavy atom. The van der Waals surface area contributed by atoms with Crippen molar-refractivity contribution in [1.82, 2.24) is 5.32 Å². The minimum absolute atomic E-state index is 0.0506. The van der Waals surface area contributed by atoms with E-state index in [9.17, 15) is 4.39 Å². The van der Waals surface area contributed by atoms with E-state index < -0.39 is 0 Å². The van der Waals surface area contributed by atoms with E-state index >= 15 is 0 Å². The van der Waals surface area contributed by atoms with Gasteiger partial charge in [-0.15, -0.1) is 0 Å². The monoisotopic (exact) mass is 211 g/mol. The SMILES string of the molecule is Cc1ccc(C(C)NC[C@@H](C)O)cc1F. The molecular formula is C12H18FNO. The van der Waals surface area contributed by atoms with E-state index in [0.29, 0.717) is 12.1 Å². The minimum Gasteiger partial charge on any atom is -0.392 e. The zero-order chi connectivity index (χ0) is 11.4. The summed E-state index contributed by atoms with van der Waals surface area (Å²) in [6.07, 6.45) is -0.386. The molecule has 0 aliphatic heterocycles. The van der Waals surface area contributed by atoms with Gasteiger partial charge in [0.05, 0.1) is 6.10 Å². The molecule has 0 spiro atoms. The zero-order valence-electron chi connectivity index (χ0n) is 9.42. The molecule has 15 heavy (non-hydrogen) atoms. The predicted molar refractivity (Wildman–Crippen MR) is 59.2 cm³/mol. The normalized spacial score (nSPS) is 15.0. The maximum Gasteiger partial charge on any atom is 0.126 e. The van der Waals surface area contributed by atoms with E-state index in [1.807, 2.05) is 13.0 Å². The second kappa shape index (κ2) is 5.24. The number of benzene rings is 1. The Morgan fingerprint density at radius 2 is 2.07 bits per heavy atom. The van der Waals surface area contributed by atoms with Crippen LogP contribution in [0.25, 0.3) is 0 Å². The third-order valence-electron chi connectivity index (χ3n) is 2.42. The molecule has 1 rings (SSSR count). The van der Waals surface area contributed by atoms with Crippen LogP contribution in [0.2, 0.25) is 0 Å². The first-order valence-electron chi connectivity index (χ1n) is 5.18. The Bertz CT molecular complexity index is 325.